The molecule has 1 N–H and O–H groups in total. The van der Waals surface area contributed by atoms with Gasteiger partial charge in [-0.2, -0.15) is 0 Å². The lowest BCUT2D eigenvalue weighted by atomic mass is 10.1. The molecule has 0 saturated heterocycles. The second-order valence-electron chi connectivity index (χ2n) is 5.49. The molecule has 3 rings (SSSR count). The number of nitrogens with one attached hydrogen (secondary N) is 1. The predicted octanol–water partition coefficient (Wildman–Crippen LogP) is 2.74. The highest BCUT2D eigenvalue weighted by Gasteiger charge is 2.31. The molecule has 1 aromatic rings. The van der Waals surface area contributed by atoms with E-state index in [1.54, 1.807) is 0 Å². The van der Waals surface area contributed by atoms with E-state index in [-0.39, 0.29) is 0 Å². The van der Waals surface area contributed by atoms with Gasteiger partial charge < -0.3 is 5.32 Å². The third-order valence-corrected chi connectivity index (χ3v) is 4.96. The van der Waals surface area contributed by atoms with Crippen LogP contribution in [-0.2, 0) is 6.42 Å². The molecule has 17 heavy (non-hydrogen) atoms. The van der Waals surface area contributed by atoms with E-state index in [0.29, 0.717) is 5.92 Å². The fourth-order valence-electron chi connectivity index (χ4n) is 2.18. The smallest absolute Gasteiger partial charge is 0.120 e. The van der Waals surface area contributed by atoms with Crippen LogP contribution in [0.2, 0.25) is 0 Å². The zero-order valence-corrected chi connectivity index (χ0v) is 11.3. The highest BCUT2D eigenvalue weighted by atomic mass is 32.1. The van der Waals surface area contributed by atoms with Crippen LogP contribution in [0.4, 0.5) is 0 Å². The lowest BCUT2D eigenvalue weighted by Crippen LogP contribution is -2.17. The maximum absolute atomic E-state index is 4.35. The van der Waals surface area contributed by atoms with Crippen molar-refractivity contribution in [1.29, 1.82) is 0 Å². The maximum atomic E-state index is 4.35. The number of aromatic nitrogens is 2. The second kappa shape index (κ2) is 5.02. The molecular formula is C13H21N3S. The van der Waals surface area contributed by atoms with E-state index in [4.69, 9.17) is 0 Å². The van der Waals surface area contributed by atoms with Crippen LogP contribution in [0.1, 0.15) is 55.0 Å². The first kappa shape index (κ1) is 11.6. The van der Waals surface area contributed by atoms with E-state index in [1.807, 2.05) is 11.3 Å². The molecule has 3 nitrogen and oxygen atoms in total. The highest BCUT2D eigenvalue weighted by molar-refractivity contribution is 7.11. The second-order valence-corrected chi connectivity index (χ2v) is 6.59. The van der Waals surface area contributed by atoms with Gasteiger partial charge in [0.1, 0.15) is 10.0 Å². The molecular weight excluding hydrogens is 230 g/mol. The van der Waals surface area contributed by atoms with E-state index in [2.05, 4.69) is 22.4 Å². The third kappa shape index (κ3) is 3.26. The Hall–Kier alpha value is -0.480. The molecule has 0 aromatic carbocycles. The van der Waals surface area contributed by atoms with Crippen LogP contribution in [0, 0.1) is 5.92 Å². The minimum atomic E-state index is 0.644. The molecule has 94 valence electrons. The average molecular weight is 251 g/mol. The van der Waals surface area contributed by atoms with Gasteiger partial charge in [-0.15, -0.1) is 21.5 Å². The molecule has 1 atom stereocenters. The molecule has 1 aromatic heterocycles. The van der Waals surface area contributed by atoms with Gasteiger partial charge in [-0.1, -0.05) is 6.92 Å². The van der Waals surface area contributed by atoms with Crippen molar-refractivity contribution in [3.63, 3.8) is 0 Å². The van der Waals surface area contributed by atoms with E-state index in [0.717, 1.165) is 24.9 Å². The topological polar surface area (TPSA) is 37.8 Å². The summed E-state index contributed by atoms with van der Waals surface area (Å²) >= 11 is 1.83. The summed E-state index contributed by atoms with van der Waals surface area (Å²) in [6.45, 7) is 3.44. The molecule has 2 saturated carbocycles. The molecule has 4 heteroatoms. The summed E-state index contributed by atoms with van der Waals surface area (Å²) in [6, 6.07) is 0.829. The van der Waals surface area contributed by atoms with Gasteiger partial charge in [0.05, 0.1) is 0 Å². The van der Waals surface area contributed by atoms with Gasteiger partial charge in [0.25, 0.3) is 0 Å². The summed E-state index contributed by atoms with van der Waals surface area (Å²) in [6.07, 6.45) is 7.82. The van der Waals surface area contributed by atoms with Gasteiger partial charge in [0.15, 0.2) is 0 Å². The largest absolute Gasteiger partial charge is 0.314 e. The van der Waals surface area contributed by atoms with Crippen LogP contribution in [-0.4, -0.2) is 22.8 Å². The van der Waals surface area contributed by atoms with Gasteiger partial charge in [-0.3, -0.25) is 0 Å². The molecule has 1 unspecified atom stereocenters. The summed E-state index contributed by atoms with van der Waals surface area (Å²) in [5, 5.41) is 14.7. The Bertz CT molecular complexity index is 368. The predicted molar refractivity (Wildman–Crippen MR) is 70.4 cm³/mol. The highest BCUT2D eigenvalue weighted by Crippen LogP contribution is 2.42. The molecule has 2 aliphatic carbocycles. The van der Waals surface area contributed by atoms with Crippen LogP contribution in [0.3, 0.4) is 0 Å². The van der Waals surface area contributed by atoms with Crippen LogP contribution in [0.25, 0.3) is 0 Å². The van der Waals surface area contributed by atoms with Crippen molar-refractivity contribution >= 4 is 11.3 Å². The zero-order chi connectivity index (χ0) is 11.7. The van der Waals surface area contributed by atoms with E-state index in [1.165, 1.54) is 42.1 Å². The van der Waals surface area contributed by atoms with Crippen molar-refractivity contribution in [1.82, 2.24) is 15.5 Å². The summed E-state index contributed by atoms with van der Waals surface area (Å²) in [5.41, 5.74) is 0. The zero-order valence-electron chi connectivity index (χ0n) is 10.5. The molecule has 0 aliphatic heterocycles. The Morgan fingerprint density at radius 3 is 2.82 bits per heavy atom. The van der Waals surface area contributed by atoms with Gasteiger partial charge in [-0.25, -0.2) is 0 Å². The molecule has 2 aliphatic rings. The van der Waals surface area contributed by atoms with Crippen LogP contribution in [0.15, 0.2) is 0 Å². The Balaban J connectivity index is 1.42. The normalized spacial score (nSPS) is 21.7. The van der Waals surface area contributed by atoms with Crippen molar-refractivity contribution < 1.29 is 0 Å². The van der Waals surface area contributed by atoms with Crippen molar-refractivity contribution in [3.8, 4) is 0 Å². The lowest BCUT2D eigenvalue weighted by Gasteiger charge is -2.02. The van der Waals surface area contributed by atoms with Crippen LogP contribution in [0.5, 0.6) is 0 Å². The maximum Gasteiger partial charge on any atom is 0.120 e. The van der Waals surface area contributed by atoms with E-state index in [9.17, 15) is 0 Å². The first-order chi connectivity index (χ1) is 8.33. The first-order valence-electron chi connectivity index (χ1n) is 6.88. The summed E-state index contributed by atoms with van der Waals surface area (Å²) in [4.78, 5) is 0. The Morgan fingerprint density at radius 2 is 2.12 bits per heavy atom. The molecule has 0 spiro atoms. The number of aryl methyl sites for hydroxylation is 1. The summed E-state index contributed by atoms with van der Waals surface area (Å²) < 4.78 is 0. The Kier molecular flexibility index (Phi) is 3.43. The first-order valence-corrected chi connectivity index (χ1v) is 7.70. The number of hydrogen-bond donors (Lipinski definition) is 1. The minimum Gasteiger partial charge on any atom is -0.314 e. The molecule has 0 amide bonds. The van der Waals surface area contributed by atoms with Crippen molar-refractivity contribution in [2.75, 3.05) is 6.54 Å². The number of rotatable bonds is 7. The van der Waals surface area contributed by atoms with Crippen molar-refractivity contribution in [2.45, 2.75) is 57.4 Å². The monoisotopic (exact) mass is 251 g/mol. The van der Waals surface area contributed by atoms with E-state index < -0.39 is 0 Å². The van der Waals surface area contributed by atoms with Gasteiger partial charge in [0, 0.05) is 18.4 Å². The standard InChI is InChI=1S/C13H21N3S/c1-9(10-4-5-10)13-16-15-12(17-13)3-2-8-14-11-6-7-11/h9-11,14H,2-8H2,1H3. The minimum absolute atomic E-state index is 0.644. The third-order valence-electron chi connectivity index (χ3n) is 3.78. The fourth-order valence-corrected chi connectivity index (χ4v) is 3.21. The van der Waals surface area contributed by atoms with Crippen LogP contribution >= 0.6 is 11.3 Å². The average Bonchev–Trinajstić information content (AvgIpc) is 3.23. The van der Waals surface area contributed by atoms with Crippen molar-refractivity contribution in [2.24, 2.45) is 5.92 Å². The number of nitrogens with zero attached hydrogens (tertiary/aromatic N) is 2. The molecule has 0 bridgehead atoms. The van der Waals surface area contributed by atoms with E-state index >= 15 is 0 Å². The summed E-state index contributed by atoms with van der Waals surface area (Å²) in [5.74, 6) is 1.54. The quantitative estimate of drug-likeness (QED) is 0.757. The SMILES string of the molecule is CC(c1nnc(CCCNC2CC2)s1)C1CC1. The number of hydrogen-bond acceptors (Lipinski definition) is 4. The molecule has 0 radical (unpaired) electrons. The summed E-state index contributed by atoms with van der Waals surface area (Å²) in [7, 11) is 0. The van der Waals surface area contributed by atoms with Crippen molar-refractivity contribution in [3.05, 3.63) is 10.0 Å². The lowest BCUT2D eigenvalue weighted by molar-refractivity contribution is 0.638. The Labute approximate surface area is 107 Å². The Morgan fingerprint density at radius 1 is 1.29 bits per heavy atom. The molecule has 1 heterocycles. The fraction of sp³-hybridized carbons (Fsp3) is 0.846. The van der Waals surface area contributed by atoms with Gasteiger partial charge in [0.2, 0.25) is 0 Å². The van der Waals surface area contributed by atoms with Gasteiger partial charge in [-0.05, 0) is 44.6 Å². The molecule has 2 fully saturated rings. The van der Waals surface area contributed by atoms with Gasteiger partial charge >= 0.3 is 0 Å². The van der Waals surface area contributed by atoms with Crippen LogP contribution < -0.4 is 5.32 Å².